The van der Waals surface area contributed by atoms with Crippen LogP contribution in [0.5, 0.6) is 0 Å². The van der Waals surface area contributed by atoms with E-state index in [4.69, 9.17) is 0 Å². The van der Waals surface area contributed by atoms with Gasteiger partial charge in [0.15, 0.2) is 0 Å². The van der Waals surface area contributed by atoms with E-state index in [1.807, 2.05) is 12.1 Å². The smallest absolute Gasteiger partial charge is 0.136 e. The van der Waals surface area contributed by atoms with Gasteiger partial charge in [-0.3, -0.25) is 4.79 Å². The molecule has 1 saturated carbocycles. The first-order valence-electron chi connectivity index (χ1n) is 5.83. The second-order valence-corrected chi connectivity index (χ2v) is 4.82. The second kappa shape index (κ2) is 4.70. The second-order valence-electron chi connectivity index (χ2n) is 4.82. The van der Waals surface area contributed by atoms with Gasteiger partial charge >= 0.3 is 0 Å². The quantitative estimate of drug-likeness (QED) is 0.571. The van der Waals surface area contributed by atoms with E-state index in [1.165, 1.54) is 36.8 Å². The zero-order valence-corrected chi connectivity index (χ0v) is 12.5. The van der Waals surface area contributed by atoms with Crippen molar-refractivity contribution in [2.45, 2.75) is 44.4 Å². The Morgan fingerprint density at radius 3 is 2.50 bits per heavy atom. The minimum Gasteiger partial charge on any atom is -0.297 e. The van der Waals surface area contributed by atoms with E-state index >= 15 is 0 Å². The van der Waals surface area contributed by atoms with Crippen LogP contribution in [-0.2, 0) is 32.7 Å². The van der Waals surface area contributed by atoms with Crippen molar-refractivity contribution in [3.63, 3.8) is 0 Å². The summed E-state index contributed by atoms with van der Waals surface area (Å²) < 4.78 is 0. The molecule has 0 aromatic heterocycles. The summed E-state index contributed by atoms with van der Waals surface area (Å²) in [6.45, 7) is 1.68. The molecule has 0 spiro atoms. The zero-order chi connectivity index (χ0) is 10.4. The number of benzene rings is 1. The van der Waals surface area contributed by atoms with E-state index < -0.39 is 0 Å². The number of rotatable bonds is 1. The Balaban J connectivity index is 0.000000963. The molecule has 0 atom stereocenters. The van der Waals surface area contributed by atoms with Crippen LogP contribution in [-0.4, -0.2) is 5.78 Å². The van der Waals surface area contributed by atoms with Crippen LogP contribution in [0.4, 0.5) is 0 Å². The SMILES string of the molecule is CC(=O)c1cc[c-]c2c1C1CCC2CC1.[Y]. The van der Waals surface area contributed by atoms with Crippen molar-refractivity contribution in [3.05, 3.63) is 34.9 Å². The molecule has 0 unspecified atom stereocenters. The van der Waals surface area contributed by atoms with E-state index in [1.54, 1.807) is 6.92 Å². The summed E-state index contributed by atoms with van der Waals surface area (Å²) in [6.07, 6.45) is 5.15. The van der Waals surface area contributed by atoms with Crippen LogP contribution >= 0.6 is 0 Å². The topological polar surface area (TPSA) is 17.1 Å². The molecule has 1 aromatic rings. The monoisotopic (exact) mass is 288 g/mol. The van der Waals surface area contributed by atoms with Gasteiger partial charge in [-0.1, -0.05) is 24.3 Å². The Kier molecular flexibility index (Phi) is 3.66. The van der Waals surface area contributed by atoms with Crippen molar-refractivity contribution < 1.29 is 37.5 Å². The van der Waals surface area contributed by atoms with Crippen LogP contribution in [0.15, 0.2) is 12.1 Å². The standard InChI is InChI=1S/C14H15O.Y/c1-9(15)12-3-2-4-13-10-5-7-11(8-6-10)14(12)13;/h2-3,10-11H,5-8H2,1H3;/q-1;. The molecule has 1 radical (unpaired) electrons. The van der Waals surface area contributed by atoms with Crippen LogP contribution in [0.3, 0.4) is 0 Å². The van der Waals surface area contributed by atoms with Gasteiger partial charge in [0.25, 0.3) is 0 Å². The first-order chi connectivity index (χ1) is 7.27. The number of Topliss-reactive ketones (excluding diaryl/α,β-unsaturated/α-hetero) is 1. The van der Waals surface area contributed by atoms with E-state index in [9.17, 15) is 4.79 Å². The summed E-state index contributed by atoms with van der Waals surface area (Å²) in [6, 6.07) is 7.24. The molecule has 3 aliphatic carbocycles. The Morgan fingerprint density at radius 2 is 1.88 bits per heavy atom. The molecule has 81 valence electrons. The largest absolute Gasteiger partial charge is 0.297 e. The molecule has 16 heavy (non-hydrogen) atoms. The minimum absolute atomic E-state index is 0. The summed E-state index contributed by atoms with van der Waals surface area (Å²) in [5.74, 6) is 1.54. The van der Waals surface area contributed by atoms with E-state index in [2.05, 4.69) is 6.07 Å². The fraction of sp³-hybridized carbons (Fsp3) is 0.500. The number of fused-ring (bicyclic) bond motifs is 2. The maximum absolute atomic E-state index is 11.6. The number of carbonyl (C=O) groups excluding carboxylic acids is 1. The molecule has 2 bridgehead atoms. The summed E-state index contributed by atoms with van der Waals surface area (Å²) >= 11 is 0. The predicted molar refractivity (Wildman–Crippen MR) is 59.2 cm³/mol. The molecule has 0 saturated heterocycles. The fourth-order valence-corrected chi connectivity index (χ4v) is 3.28. The molecule has 0 heterocycles. The van der Waals surface area contributed by atoms with Crippen LogP contribution in [0.1, 0.15) is 65.9 Å². The normalized spacial score (nSPS) is 25.8. The number of ketones is 1. The predicted octanol–water partition coefficient (Wildman–Crippen LogP) is 3.44. The molecule has 0 aliphatic heterocycles. The maximum Gasteiger partial charge on any atom is 0.136 e. The van der Waals surface area contributed by atoms with Crippen molar-refractivity contribution in [1.82, 2.24) is 0 Å². The van der Waals surface area contributed by atoms with Crippen LogP contribution in [0.25, 0.3) is 0 Å². The van der Waals surface area contributed by atoms with Gasteiger partial charge in [-0.15, -0.1) is 5.56 Å². The molecule has 0 N–H and O–H groups in total. The van der Waals surface area contributed by atoms with Gasteiger partial charge in [-0.2, -0.15) is 23.8 Å². The van der Waals surface area contributed by atoms with Gasteiger partial charge in [0.2, 0.25) is 0 Å². The number of carbonyl (C=O) groups is 1. The molecule has 0 amide bonds. The van der Waals surface area contributed by atoms with E-state index in [-0.39, 0.29) is 38.5 Å². The molecule has 1 fully saturated rings. The van der Waals surface area contributed by atoms with Gasteiger partial charge in [-0.25, -0.2) is 0 Å². The molecular weight excluding hydrogens is 273 g/mol. The van der Waals surface area contributed by atoms with E-state index in [0.717, 1.165) is 5.56 Å². The summed E-state index contributed by atoms with van der Waals surface area (Å²) in [5, 5.41) is 0. The van der Waals surface area contributed by atoms with Gasteiger partial charge in [0.1, 0.15) is 5.78 Å². The van der Waals surface area contributed by atoms with Crippen molar-refractivity contribution in [2.75, 3.05) is 0 Å². The fourth-order valence-electron chi connectivity index (χ4n) is 3.28. The van der Waals surface area contributed by atoms with Crippen LogP contribution < -0.4 is 0 Å². The van der Waals surface area contributed by atoms with Gasteiger partial charge in [0.05, 0.1) is 0 Å². The van der Waals surface area contributed by atoms with Crippen molar-refractivity contribution in [3.8, 4) is 0 Å². The first kappa shape index (κ1) is 12.5. The van der Waals surface area contributed by atoms with Crippen LogP contribution in [0.2, 0.25) is 0 Å². The Morgan fingerprint density at radius 1 is 1.25 bits per heavy atom. The Bertz CT molecular complexity index is 417. The average molecular weight is 288 g/mol. The summed E-state index contributed by atoms with van der Waals surface area (Å²) in [4.78, 5) is 11.6. The molecule has 1 aromatic carbocycles. The third-order valence-electron chi connectivity index (χ3n) is 3.99. The van der Waals surface area contributed by atoms with Gasteiger partial charge in [-0.05, 0) is 25.7 Å². The molecule has 3 aliphatic rings. The third kappa shape index (κ3) is 1.82. The zero-order valence-electron chi connectivity index (χ0n) is 9.62. The Labute approximate surface area is 122 Å². The van der Waals surface area contributed by atoms with Gasteiger partial charge in [0, 0.05) is 32.7 Å². The Hall–Kier alpha value is -0.00610. The van der Waals surface area contributed by atoms with Crippen molar-refractivity contribution >= 4 is 5.78 Å². The number of hydrogen-bond donors (Lipinski definition) is 0. The van der Waals surface area contributed by atoms with Crippen molar-refractivity contribution in [1.29, 1.82) is 0 Å². The maximum atomic E-state index is 11.6. The van der Waals surface area contributed by atoms with E-state index in [0.29, 0.717) is 11.8 Å². The summed E-state index contributed by atoms with van der Waals surface area (Å²) in [7, 11) is 0. The first-order valence-corrected chi connectivity index (χ1v) is 5.83. The van der Waals surface area contributed by atoms with Crippen LogP contribution in [0, 0.1) is 6.07 Å². The third-order valence-corrected chi connectivity index (χ3v) is 3.99. The van der Waals surface area contributed by atoms with Gasteiger partial charge < -0.3 is 0 Å². The summed E-state index contributed by atoms with van der Waals surface area (Å²) in [5.41, 5.74) is 3.65. The molecular formula is C14H15OY-. The average Bonchev–Trinajstić information content (AvgIpc) is 2.30. The molecule has 1 nitrogen and oxygen atoms in total. The number of hydrogen-bond acceptors (Lipinski definition) is 1. The van der Waals surface area contributed by atoms with Crippen molar-refractivity contribution in [2.24, 2.45) is 0 Å². The molecule has 2 heteroatoms. The minimum atomic E-state index is 0. The molecule has 4 rings (SSSR count).